The van der Waals surface area contributed by atoms with Crippen LogP contribution in [0, 0.1) is 5.92 Å². The van der Waals surface area contributed by atoms with Crippen LogP contribution in [0.15, 0.2) is 12.5 Å². The maximum absolute atomic E-state index is 10.3. The number of imidazole rings is 1. The van der Waals surface area contributed by atoms with Crippen LogP contribution in [0.4, 0.5) is 0 Å². The van der Waals surface area contributed by atoms with E-state index in [1.54, 1.807) is 0 Å². The largest absolute Gasteiger partial charge is 0.389 e. The average Bonchev–Trinajstić information content (AvgIpc) is 2.96. The Morgan fingerprint density at radius 2 is 2.10 bits per heavy atom. The first-order chi connectivity index (χ1) is 9.56. The molecule has 112 valence electrons. The monoisotopic (exact) mass is 277 g/mol. The molecule has 1 aromatic rings. The fourth-order valence-electron chi connectivity index (χ4n) is 3.75. The Balaban J connectivity index is 1.68. The predicted molar refractivity (Wildman–Crippen MR) is 79.4 cm³/mol. The average molecular weight is 277 g/mol. The molecule has 1 saturated heterocycles. The van der Waals surface area contributed by atoms with Crippen molar-refractivity contribution >= 4 is 0 Å². The summed E-state index contributed by atoms with van der Waals surface area (Å²) in [6.07, 6.45) is 10.7. The number of hydrogen-bond donors (Lipinski definition) is 1. The van der Waals surface area contributed by atoms with E-state index in [9.17, 15) is 5.11 Å². The molecule has 3 rings (SSSR count). The van der Waals surface area contributed by atoms with Crippen molar-refractivity contribution in [1.82, 2.24) is 14.5 Å². The van der Waals surface area contributed by atoms with Crippen LogP contribution in [0.3, 0.4) is 0 Å². The van der Waals surface area contributed by atoms with E-state index in [-0.39, 0.29) is 0 Å². The van der Waals surface area contributed by atoms with E-state index in [2.05, 4.69) is 21.4 Å². The minimum absolute atomic E-state index is 0.341. The van der Waals surface area contributed by atoms with Gasteiger partial charge in [0, 0.05) is 31.9 Å². The van der Waals surface area contributed by atoms with Crippen molar-refractivity contribution in [3.8, 4) is 0 Å². The van der Waals surface area contributed by atoms with E-state index >= 15 is 0 Å². The van der Waals surface area contributed by atoms with Gasteiger partial charge in [0.2, 0.25) is 0 Å². The number of rotatable bonds is 3. The van der Waals surface area contributed by atoms with Crippen LogP contribution >= 0.6 is 0 Å². The highest BCUT2D eigenvalue weighted by atomic mass is 16.3. The summed E-state index contributed by atoms with van der Waals surface area (Å²) >= 11 is 0. The Morgan fingerprint density at radius 1 is 1.35 bits per heavy atom. The van der Waals surface area contributed by atoms with Gasteiger partial charge in [-0.15, -0.1) is 0 Å². The summed E-state index contributed by atoms with van der Waals surface area (Å²) in [5, 5.41) is 10.3. The Hall–Kier alpha value is -0.870. The molecular formula is C16H27N3O. The molecule has 1 aromatic heterocycles. The lowest BCUT2D eigenvalue weighted by molar-refractivity contribution is 0.0362. The number of hydrogen-bond acceptors (Lipinski definition) is 3. The topological polar surface area (TPSA) is 41.3 Å². The fraction of sp³-hybridized carbons (Fsp3) is 0.812. The van der Waals surface area contributed by atoms with Gasteiger partial charge in [-0.1, -0.05) is 26.2 Å². The summed E-state index contributed by atoms with van der Waals surface area (Å²) < 4.78 is 2.39. The van der Waals surface area contributed by atoms with Crippen LogP contribution < -0.4 is 0 Å². The van der Waals surface area contributed by atoms with E-state index < -0.39 is 5.60 Å². The van der Waals surface area contributed by atoms with Crippen LogP contribution in [0.1, 0.15) is 57.7 Å². The zero-order chi connectivity index (χ0) is 14.2. The van der Waals surface area contributed by atoms with Gasteiger partial charge < -0.3 is 9.67 Å². The number of β-amino-alcohol motifs (C(OH)–C–C–N with tert-alkyl or cyclic N) is 1. The molecule has 1 aliphatic carbocycles. The van der Waals surface area contributed by atoms with Gasteiger partial charge in [0.05, 0.1) is 17.6 Å². The molecule has 0 amide bonds. The number of aromatic nitrogens is 2. The van der Waals surface area contributed by atoms with Crippen LogP contribution in [-0.4, -0.2) is 38.2 Å². The van der Waals surface area contributed by atoms with E-state index in [1.807, 2.05) is 19.4 Å². The quantitative estimate of drug-likeness (QED) is 0.923. The van der Waals surface area contributed by atoms with E-state index in [0.717, 1.165) is 19.6 Å². The summed E-state index contributed by atoms with van der Waals surface area (Å²) in [5.41, 5.74) is 0.761. The van der Waals surface area contributed by atoms with Crippen molar-refractivity contribution in [2.45, 2.75) is 64.1 Å². The first-order valence-corrected chi connectivity index (χ1v) is 8.02. The van der Waals surface area contributed by atoms with Crippen molar-refractivity contribution < 1.29 is 5.11 Å². The summed E-state index contributed by atoms with van der Waals surface area (Å²) in [6, 6.07) is 0.641. The molecule has 1 N–H and O–H groups in total. The van der Waals surface area contributed by atoms with Crippen molar-refractivity contribution in [3.63, 3.8) is 0 Å². The van der Waals surface area contributed by atoms with Crippen molar-refractivity contribution in [1.29, 1.82) is 0 Å². The Labute approximate surface area is 121 Å². The molecule has 2 atom stereocenters. The van der Waals surface area contributed by atoms with Gasteiger partial charge in [0.15, 0.2) is 0 Å². The smallest absolute Gasteiger partial charge is 0.0951 e. The Morgan fingerprint density at radius 3 is 2.75 bits per heavy atom. The first-order valence-electron chi connectivity index (χ1n) is 8.02. The molecule has 4 heteroatoms. The first kappa shape index (κ1) is 14.1. The fourth-order valence-corrected chi connectivity index (χ4v) is 3.75. The zero-order valence-electron chi connectivity index (χ0n) is 12.8. The normalized spacial score (nSPS) is 32.9. The lowest BCUT2D eigenvalue weighted by atomic mass is 9.95. The predicted octanol–water partition coefficient (Wildman–Crippen LogP) is 2.59. The van der Waals surface area contributed by atoms with E-state index in [0.29, 0.717) is 12.0 Å². The number of nitrogens with zero attached hydrogens (tertiary/aromatic N) is 3. The molecule has 0 spiro atoms. The third-order valence-corrected chi connectivity index (χ3v) is 5.24. The molecule has 0 unspecified atom stereocenters. The zero-order valence-corrected chi connectivity index (χ0v) is 12.8. The molecular weight excluding hydrogens is 250 g/mol. The lowest BCUT2D eigenvalue weighted by Gasteiger charge is -2.26. The molecule has 20 heavy (non-hydrogen) atoms. The van der Waals surface area contributed by atoms with E-state index in [1.165, 1.54) is 37.8 Å². The van der Waals surface area contributed by atoms with Crippen LogP contribution in [0.25, 0.3) is 0 Å². The van der Waals surface area contributed by atoms with Gasteiger partial charge in [-0.25, -0.2) is 4.98 Å². The molecule has 0 aromatic carbocycles. The summed E-state index contributed by atoms with van der Waals surface area (Å²) in [7, 11) is 0. The summed E-state index contributed by atoms with van der Waals surface area (Å²) in [5.74, 6) is 0.341. The maximum atomic E-state index is 10.3. The minimum Gasteiger partial charge on any atom is -0.389 e. The van der Waals surface area contributed by atoms with Gasteiger partial charge in [-0.05, 0) is 25.7 Å². The van der Waals surface area contributed by atoms with Gasteiger partial charge in [-0.2, -0.15) is 0 Å². The Bertz CT molecular complexity index is 448. The molecule has 2 aliphatic rings. The molecule has 2 fully saturated rings. The Kier molecular flexibility index (Phi) is 3.87. The van der Waals surface area contributed by atoms with Crippen molar-refractivity contribution in [3.05, 3.63) is 18.2 Å². The molecule has 1 saturated carbocycles. The molecule has 1 aliphatic heterocycles. The molecule has 4 nitrogen and oxygen atoms in total. The molecule has 0 bridgehead atoms. The van der Waals surface area contributed by atoms with E-state index in [4.69, 9.17) is 0 Å². The van der Waals surface area contributed by atoms with Crippen molar-refractivity contribution in [2.24, 2.45) is 5.92 Å². The summed E-state index contributed by atoms with van der Waals surface area (Å²) in [4.78, 5) is 6.73. The highest BCUT2D eigenvalue weighted by molar-refractivity contribution is 5.03. The highest BCUT2D eigenvalue weighted by Crippen LogP contribution is 2.31. The SMILES string of the molecule is C[C@@H]1CN(Cc2cncn2C2CCCCC2)C[C@]1(C)O. The van der Waals surface area contributed by atoms with Crippen LogP contribution in [0.5, 0.6) is 0 Å². The van der Waals surface area contributed by atoms with Gasteiger partial charge in [0.1, 0.15) is 0 Å². The van der Waals surface area contributed by atoms with Gasteiger partial charge in [0.25, 0.3) is 0 Å². The maximum Gasteiger partial charge on any atom is 0.0951 e. The highest BCUT2D eigenvalue weighted by Gasteiger charge is 2.38. The molecule has 2 heterocycles. The number of aliphatic hydroxyl groups is 1. The van der Waals surface area contributed by atoms with Gasteiger partial charge >= 0.3 is 0 Å². The molecule has 0 radical (unpaired) electrons. The third-order valence-electron chi connectivity index (χ3n) is 5.24. The third kappa shape index (κ3) is 2.77. The standard InChI is InChI=1S/C16H27N3O/c1-13-9-18(11-16(13,2)20)10-15-8-17-12-19(15)14-6-4-3-5-7-14/h8,12-14,20H,3-7,9-11H2,1-2H3/t13-,16+/m1/s1. The van der Waals surface area contributed by atoms with Crippen molar-refractivity contribution in [2.75, 3.05) is 13.1 Å². The van der Waals surface area contributed by atoms with Gasteiger partial charge in [-0.3, -0.25) is 4.90 Å². The second-order valence-electron chi connectivity index (χ2n) is 7.01. The lowest BCUT2D eigenvalue weighted by Crippen LogP contribution is -2.33. The van der Waals surface area contributed by atoms with Crippen LogP contribution in [0.2, 0.25) is 0 Å². The minimum atomic E-state index is -0.546. The van der Waals surface area contributed by atoms with Crippen LogP contribution in [-0.2, 0) is 6.54 Å². The second-order valence-corrected chi connectivity index (χ2v) is 7.01. The summed E-state index contributed by atoms with van der Waals surface area (Å²) in [6.45, 7) is 6.75. The number of likely N-dealkylation sites (tertiary alicyclic amines) is 1. The second kappa shape index (κ2) is 5.49.